The van der Waals surface area contributed by atoms with Crippen molar-refractivity contribution < 1.29 is 18.0 Å². The van der Waals surface area contributed by atoms with Gasteiger partial charge in [-0.05, 0) is 46.5 Å². The molecule has 1 aliphatic carbocycles. The minimum atomic E-state index is -4.03. The van der Waals surface area contributed by atoms with E-state index >= 15 is 0 Å². The predicted octanol–water partition coefficient (Wildman–Crippen LogP) is 3.43. The third-order valence-corrected chi connectivity index (χ3v) is 2.72. The number of hydrogen-bond acceptors (Lipinski definition) is 2. The average Bonchev–Trinajstić information content (AvgIpc) is 2.13. The van der Waals surface area contributed by atoms with Crippen LogP contribution in [0.5, 0.6) is 0 Å². The van der Waals surface area contributed by atoms with Crippen LogP contribution in [0.15, 0.2) is 0 Å². The second-order valence-electron chi connectivity index (χ2n) is 5.42. The SMILES string of the molecule is CC(C)(C)ONC1CCC(C(F)(F)F)CC1. The fourth-order valence-electron chi connectivity index (χ4n) is 1.80. The Morgan fingerprint density at radius 3 is 1.88 bits per heavy atom. The van der Waals surface area contributed by atoms with Gasteiger partial charge in [0, 0.05) is 6.04 Å². The quantitative estimate of drug-likeness (QED) is 0.745. The smallest absolute Gasteiger partial charge is 0.296 e. The zero-order valence-electron chi connectivity index (χ0n) is 10.0. The first-order valence-corrected chi connectivity index (χ1v) is 5.69. The molecule has 0 aromatic rings. The Balaban J connectivity index is 2.28. The van der Waals surface area contributed by atoms with Crippen molar-refractivity contribution in [2.75, 3.05) is 0 Å². The van der Waals surface area contributed by atoms with Gasteiger partial charge in [-0.25, -0.2) is 0 Å². The Hall–Kier alpha value is -0.290. The van der Waals surface area contributed by atoms with Crippen molar-refractivity contribution in [1.29, 1.82) is 0 Å². The molecule has 0 aliphatic heterocycles. The van der Waals surface area contributed by atoms with Gasteiger partial charge in [-0.1, -0.05) is 0 Å². The Kier molecular flexibility index (Phi) is 4.23. The van der Waals surface area contributed by atoms with Crippen LogP contribution in [0.25, 0.3) is 0 Å². The summed E-state index contributed by atoms with van der Waals surface area (Å²) in [6.45, 7) is 5.71. The Morgan fingerprint density at radius 2 is 1.50 bits per heavy atom. The molecule has 0 unspecified atom stereocenters. The molecule has 2 nitrogen and oxygen atoms in total. The summed E-state index contributed by atoms with van der Waals surface area (Å²) < 4.78 is 37.2. The van der Waals surface area contributed by atoms with Crippen molar-refractivity contribution in [2.24, 2.45) is 5.92 Å². The molecule has 96 valence electrons. The van der Waals surface area contributed by atoms with E-state index in [1.54, 1.807) is 0 Å². The lowest BCUT2D eigenvalue weighted by Gasteiger charge is -2.32. The number of nitrogens with one attached hydrogen (secondary N) is 1. The van der Waals surface area contributed by atoms with Crippen molar-refractivity contribution in [1.82, 2.24) is 5.48 Å². The van der Waals surface area contributed by atoms with Gasteiger partial charge in [-0.15, -0.1) is 0 Å². The molecule has 0 aromatic carbocycles. The molecule has 1 fully saturated rings. The van der Waals surface area contributed by atoms with Crippen LogP contribution in [0.2, 0.25) is 0 Å². The maximum atomic E-state index is 12.4. The maximum Gasteiger partial charge on any atom is 0.391 e. The molecule has 0 atom stereocenters. The minimum absolute atomic E-state index is 0.0535. The monoisotopic (exact) mass is 239 g/mol. The first kappa shape index (κ1) is 13.8. The number of alkyl halides is 3. The Labute approximate surface area is 94.5 Å². The van der Waals surface area contributed by atoms with E-state index < -0.39 is 12.1 Å². The van der Waals surface area contributed by atoms with E-state index in [1.165, 1.54) is 0 Å². The van der Waals surface area contributed by atoms with Crippen LogP contribution in [0.1, 0.15) is 46.5 Å². The van der Waals surface area contributed by atoms with Gasteiger partial charge in [0.05, 0.1) is 11.5 Å². The van der Waals surface area contributed by atoms with E-state index in [-0.39, 0.29) is 24.5 Å². The number of hydroxylamine groups is 1. The molecular weight excluding hydrogens is 219 g/mol. The van der Waals surface area contributed by atoms with Gasteiger partial charge in [0.1, 0.15) is 0 Å². The lowest BCUT2D eigenvalue weighted by Crippen LogP contribution is -2.40. The number of halogens is 3. The second kappa shape index (κ2) is 4.92. The highest BCUT2D eigenvalue weighted by molar-refractivity contribution is 4.79. The lowest BCUT2D eigenvalue weighted by atomic mass is 9.86. The van der Waals surface area contributed by atoms with Crippen LogP contribution in [-0.4, -0.2) is 17.8 Å². The topological polar surface area (TPSA) is 21.3 Å². The minimum Gasteiger partial charge on any atom is -0.296 e. The molecule has 0 amide bonds. The molecule has 1 rings (SSSR count). The largest absolute Gasteiger partial charge is 0.391 e. The predicted molar refractivity (Wildman–Crippen MR) is 55.8 cm³/mol. The highest BCUT2D eigenvalue weighted by Crippen LogP contribution is 2.37. The van der Waals surface area contributed by atoms with Crippen LogP contribution in [0.3, 0.4) is 0 Å². The molecule has 0 saturated heterocycles. The average molecular weight is 239 g/mol. The van der Waals surface area contributed by atoms with Crippen LogP contribution in [0.4, 0.5) is 13.2 Å². The van der Waals surface area contributed by atoms with Gasteiger partial charge in [0.25, 0.3) is 0 Å². The molecule has 1 aliphatic rings. The zero-order valence-corrected chi connectivity index (χ0v) is 10.0. The third kappa shape index (κ3) is 4.70. The molecule has 0 aromatic heterocycles. The van der Waals surface area contributed by atoms with Crippen LogP contribution in [0, 0.1) is 5.92 Å². The molecule has 1 N–H and O–H groups in total. The van der Waals surface area contributed by atoms with Gasteiger partial charge in [0.2, 0.25) is 0 Å². The van der Waals surface area contributed by atoms with Gasteiger partial charge in [-0.3, -0.25) is 4.84 Å². The van der Waals surface area contributed by atoms with Crippen LogP contribution < -0.4 is 5.48 Å². The van der Waals surface area contributed by atoms with Crippen molar-refractivity contribution in [3.05, 3.63) is 0 Å². The standard InChI is InChI=1S/C11H20F3NO/c1-10(2,3)16-15-9-6-4-8(5-7-9)11(12,13)14/h8-9,15H,4-7H2,1-3H3. The number of rotatable bonds is 2. The van der Waals surface area contributed by atoms with Crippen molar-refractivity contribution in [2.45, 2.75) is 64.3 Å². The van der Waals surface area contributed by atoms with Gasteiger partial charge in [-0.2, -0.15) is 18.7 Å². The van der Waals surface area contributed by atoms with Crippen LogP contribution >= 0.6 is 0 Å². The lowest BCUT2D eigenvalue weighted by molar-refractivity contribution is -0.186. The highest BCUT2D eigenvalue weighted by Gasteiger charge is 2.41. The third-order valence-electron chi connectivity index (χ3n) is 2.72. The number of hydrogen-bond donors (Lipinski definition) is 1. The van der Waals surface area contributed by atoms with E-state index in [2.05, 4.69) is 5.48 Å². The first-order valence-electron chi connectivity index (χ1n) is 5.69. The van der Waals surface area contributed by atoms with E-state index in [4.69, 9.17) is 4.84 Å². The molecule has 0 radical (unpaired) electrons. The first-order chi connectivity index (χ1) is 7.18. The summed E-state index contributed by atoms with van der Waals surface area (Å²) in [6, 6.07) is 0.0535. The molecule has 16 heavy (non-hydrogen) atoms. The molecular formula is C11H20F3NO. The zero-order chi connectivity index (χ0) is 12.4. The van der Waals surface area contributed by atoms with E-state index in [9.17, 15) is 13.2 Å². The summed E-state index contributed by atoms with van der Waals surface area (Å²) in [5.74, 6) is -1.12. The highest BCUT2D eigenvalue weighted by atomic mass is 19.4. The van der Waals surface area contributed by atoms with Gasteiger partial charge in [0.15, 0.2) is 0 Å². The van der Waals surface area contributed by atoms with Crippen molar-refractivity contribution >= 4 is 0 Å². The van der Waals surface area contributed by atoms with Crippen molar-refractivity contribution in [3.8, 4) is 0 Å². The summed E-state index contributed by atoms with van der Waals surface area (Å²) in [5, 5.41) is 0. The molecule has 1 saturated carbocycles. The molecule has 0 spiro atoms. The Bertz CT molecular complexity index is 214. The molecule has 5 heteroatoms. The second-order valence-corrected chi connectivity index (χ2v) is 5.42. The molecule has 0 bridgehead atoms. The fraction of sp³-hybridized carbons (Fsp3) is 1.00. The summed E-state index contributed by atoms with van der Waals surface area (Å²) in [6.07, 6.45) is -2.57. The maximum absolute atomic E-state index is 12.4. The van der Waals surface area contributed by atoms with Gasteiger partial charge >= 0.3 is 6.18 Å². The summed E-state index contributed by atoms with van der Waals surface area (Å²) in [4.78, 5) is 5.36. The van der Waals surface area contributed by atoms with Crippen molar-refractivity contribution in [3.63, 3.8) is 0 Å². The Morgan fingerprint density at radius 1 is 1.00 bits per heavy atom. The van der Waals surface area contributed by atoms with E-state index in [1.807, 2.05) is 20.8 Å². The summed E-state index contributed by atoms with van der Waals surface area (Å²) in [7, 11) is 0. The van der Waals surface area contributed by atoms with E-state index in [0.29, 0.717) is 12.8 Å². The van der Waals surface area contributed by atoms with Crippen LogP contribution in [-0.2, 0) is 4.84 Å². The summed E-state index contributed by atoms with van der Waals surface area (Å²) >= 11 is 0. The summed E-state index contributed by atoms with van der Waals surface area (Å²) in [5.41, 5.74) is 2.56. The molecule has 0 heterocycles. The van der Waals surface area contributed by atoms with E-state index in [0.717, 1.165) is 0 Å². The normalized spacial score (nSPS) is 28.1. The fourth-order valence-corrected chi connectivity index (χ4v) is 1.80. The van der Waals surface area contributed by atoms with Gasteiger partial charge < -0.3 is 0 Å².